The Hall–Kier alpha value is -4.18. The lowest BCUT2D eigenvalue weighted by atomic mass is 10.1. The molecule has 0 saturated carbocycles. The molecule has 1 aromatic carbocycles. The molecule has 0 atom stereocenters. The standard InChI is InChI=1S/C26H28N4O6/c1-18(31)19-5-7-20(8-6-19)27-25(33)17-30-16-24(35-2)22(32)14-21(30)15-28-9-11-29(12-10-28)26(34)23-4-3-13-36-23/h3-8,13-14,16H,9-12,15,17H2,1-2H3,(H,27,33). The molecular weight excluding hydrogens is 464 g/mol. The molecule has 0 spiro atoms. The molecule has 1 saturated heterocycles. The first-order valence-corrected chi connectivity index (χ1v) is 11.6. The Morgan fingerprint density at radius 1 is 1.06 bits per heavy atom. The molecule has 1 aliphatic rings. The predicted molar refractivity (Wildman–Crippen MR) is 132 cm³/mol. The van der Waals surface area contributed by atoms with Gasteiger partial charge in [0, 0.05) is 55.7 Å². The van der Waals surface area contributed by atoms with Crippen LogP contribution < -0.4 is 15.5 Å². The van der Waals surface area contributed by atoms with E-state index in [0.717, 1.165) is 0 Å². The topological polar surface area (TPSA) is 114 Å². The van der Waals surface area contributed by atoms with Crippen molar-refractivity contribution in [3.63, 3.8) is 0 Å². The number of hydrogen-bond donors (Lipinski definition) is 1. The fourth-order valence-electron chi connectivity index (χ4n) is 4.07. The second-order valence-electron chi connectivity index (χ2n) is 8.55. The molecule has 10 nitrogen and oxygen atoms in total. The number of methoxy groups -OCH3 is 1. The largest absolute Gasteiger partial charge is 0.491 e. The zero-order valence-corrected chi connectivity index (χ0v) is 20.2. The molecule has 188 valence electrons. The van der Waals surface area contributed by atoms with Crippen molar-refractivity contribution in [2.75, 3.05) is 38.6 Å². The molecule has 3 aromatic rings. The summed E-state index contributed by atoms with van der Waals surface area (Å²) in [6, 6.07) is 11.5. The highest BCUT2D eigenvalue weighted by Gasteiger charge is 2.24. The lowest BCUT2D eigenvalue weighted by Crippen LogP contribution is -2.48. The molecule has 36 heavy (non-hydrogen) atoms. The lowest BCUT2D eigenvalue weighted by Gasteiger charge is -2.34. The Balaban J connectivity index is 1.43. The molecule has 2 aromatic heterocycles. The summed E-state index contributed by atoms with van der Waals surface area (Å²) >= 11 is 0. The maximum absolute atomic E-state index is 12.8. The van der Waals surface area contributed by atoms with Gasteiger partial charge in [0.05, 0.1) is 19.6 Å². The van der Waals surface area contributed by atoms with Crippen molar-refractivity contribution in [2.45, 2.75) is 20.0 Å². The Morgan fingerprint density at radius 3 is 2.39 bits per heavy atom. The van der Waals surface area contributed by atoms with Gasteiger partial charge in [0.15, 0.2) is 17.3 Å². The normalized spacial score (nSPS) is 13.9. The third-order valence-corrected chi connectivity index (χ3v) is 6.07. The van der Waals surface area contributed by atoms with Crippen molar-refractivity contribution in [3.8, 4) is 5.75 Å². The molecule has 1 N–H and O–H groups in total. The van der Waals surface area contributed by atoms with E-state index in [2.05, 4.69) is 10.2 Å². The van der Waals surface area contributed by atoms with E-state index in [-0.39, 0.29) is 35.3 Å². The number of Topliss-reactive ketones (excluding diaryl/α,β-unsaturated/α-hetero) is 1. The van der Waals surface area contributed by atoms with Crippen molar-refractivity contribution < 1.29 is 23.5 Å². The van der Waals surface area contributed by atoms with E-state index in [1.165, 1.54) is 32.6 Å². The van der Waals surface area contributed by atoms with Gasteiger partial charge in [-0.05, 0) is 43.3 Å². The lowest BCUT2D eigenvalue weighted by molar-refractivity contribution is -0.116. The van der Waals surface area contributed by atoms with Crippen LogP contribution in [0.15, 0.2) is 64.1 Å². The van der Waals surface area contributed by atoms with E-state index in [0.29, 0.717) is 55.4 Å². The zero-order valence-electron chi connectivity index (χ0n) is 20.2. The van der Waals surface area contributed by atoms with Crippen LogP contribution in [0.2, 0.25) is 0 Å². The van der Waals surface area contributed by atoms with E-state index >= 15 is 0 Å². The smallest absolute Gasteiger partial charge is 0.289 e. The van der Waals surface area contributed by atoms with Crippen LogP contribution in [0.5, 0.6) is 5.75 Å². The first-order chi connectivity index (χ1) is 17.3. The number of aromatic nitrogens is 1. The highest BCUT2D eigenvalue weighted by molar-refractivity contribution is 5.95. The number of hydrogen-bond acceptors (Lipinski definition) is 7. The van der Waals surface area contributed by atoms with E-state index < -0.39 is 0 Å². The first-order valence-electron chi connectivity index (χ1n) is 11.6. The van der Waals surface area contributed by atoms with Crippen LogP contribution in [0.3, 0.4) is 0 Å². The van der Waals surface area contributed by atoms with Crippen molar-refractivity contribution in [1.82, 2.24) is 14.4 Å². The number of ether oxygens (including phenoxy) is 1. The number of rotatable bonds is 8. The van der Waals surface area contributed by atoms with Crippen LogP contribution in [-0.4, -0.2) is 65.3 Å². The Kier molecular flexibility index (Phi) is 7.65. The van der Waals surface area contributed by atoms with Crippen LogP contribution in [0.1, 0.15) is 33.5 Å². The summed E-state index contributed by atoms with van der Waals surface area (Å²) in [7, 11) is 1.41. The molecule has 0 radical (unpaired) electrons. The second-order valence-corrected chi connectivity index (χ2v) is 8.55. The molecule has 0 bridgehead atoms. The highest BCUT2D eigenvalue weighted by Crippen LogP contribution is 2.15. The number of pyridine rings is 1. The highest BCUT2D eigenvalue weighted by atomic mass is 16.5. The van der Waals surface area contributed by atoms with Crippen LogP contribution in [-0.2, 0) is 17.9 Å². The van der Waals surface area contributed by atoms with E-state index in [1.54, 1.807) is 45.9 Å². The molecular formula is C26H28N4O6. The number of carbonyl (C=O) groups is 3. The van der Waals surface area contributed by atoms with Gasteiger partial charge in [-0.25, -0.2) is 0 Å². The minimum atomic E-state index is -0.286. The molecule has 4 rings (SSSR count). The molecule has 1 aliphatic heterocycles. The first kappa shape index (κ1) is 24.9. The quantitative estimate of drug-likeness (QED) is 0.480. The van der Waals surface area contributed by atoms with Gasteiger partial charge < -0.3 is 23.9 Å². The van der Waals surface area contributed by atoms with Gasteiger partial charge in [-0.15, -0.1) is 0 Å². The summed E-state index contributed by atoms with van der Waals surface area (Å²) in [5.74, 6) is -0.0231. The average Bonchev–Trinajstić information content (AvgIpc) is 3.41. The number of furan rings is 1. The summed E-state index contributed by atoms with van der Waals surface area (Å²) in [5.41, 5.74) is 1.52. The third-order valence-electron chi connectivity index (χ3n) is 6.07. The number of anilines is 1. The minimum absolute atomic E-state index is 0.0304. The molecule has 0 aliphatic carbocycles. The Morgan fingerprint density at radius 2 is 1.78 bits per heavy atom. The number of nitrogens with zero attached hydrogens (tertiary/aromatic N) is 3. The van der Waals surface area contributed by atoms with Crippen LogP contribution in [0.25, 0.3) is 0 Å². The van der Waals surface area contributed by atoms with E-state index in [4.69, 9.17) is 9.15 Å². The van der Waals surface area contributed by atoms with Crippen molar-refractivity contribution in [1.29, 1.82) is 0 Å². The van der Waals surface area contributed by atoms with Crippen LogP contribution in [0, 0.1) is 0 Å². The molecule has 1 fully saturated rings. The third kappa shape index (κ3) is 5.89. The number of amides is 2. The number of carbonyl (C=O) groups excluding carboxylic acids is 3. The van der Waals surface area contributed by atoms with Crippen molar-refractivity contribution in [2.24, 2.45) is 0 Å². The number of ketones is 1. The van der Waals surface area contributed by atoms with Gasteiger partial charge >= 0.3 is 0 Å². The predicted octanol–water partition coefficient (Wildman–Crippen LogP) is 2.25. The maximum atomic E-state index is 12.8. The van der Waals surface area contributed by atoms with E-state index in [1.807, 2.05) is 0 Å². The summed E-state index contributed by atoms with van der Waals surface area (Å²) in [5, 5.41) is 2.81. The Bertz CT molecular complexity index is 1290. The SMILES string of the molecule is COc1cn(CC(=O)Nc2ccc(C(C)=O)cc2)c(CN2CCN(C(=O)c3ccco3)CC2)cc1=O. The number of nitrogens with one attached hydrogen (secondary N) is 1. The van der Waals surface area contributed by atoms with Gasteiger partial charge in [0.1, 0.15) is 6.54 Å². The Labute approximate surface area is 208 Å². The van der Waals surface area contributed by atoms with Gasteiger partial charge in [-0.2, -0.15) is 0 Å². The summed E-state index contributed by atoms with van der Waals surface area (Å²) in [4.78, 5) is 53.1. The fourth-order valence-corrected chi connectivity index (χ4v) is 4.07. The van der Waals surface area contributed by atoms with Gasteiger partial charge in [-0.1, -0.05) is 0 Å². The molecule has 0 unspecified atom stereocenters. The minimum Gasteiger partial charge on any atom is -0.491 e. The van der Waals surface area contributed by atoms with Crippen molar-refractivity contribution >= 4 is 23.3 Å². The summed E-state index contributed by atoms with van der Waals surface area (Å²) in [6.45, 7) is 4.16. The average molecular weight is 493 g/mol. The monoisotopic (exact) mass is 492 g/mol. The number of benzene rings is 1. The van der Waals surface area contributed by atoms with Crippen molar-refractivity contribution in [3.05, 3.63) is 82.2 Å². The maximum Gasteiger partial charge on any atom is 0.289 e. The summed E-state index contributed by atoms with van der Waals surface area (Å²) < 4.78 is 12.1. The molecule has 10 heteroatoms. The van der Waals surface area contributed by atoms with Gasteiger partial charge in [0.25, 0.3) is 5.91 Å². The molecule has 2 amide bonds. The zero-order chi connectivity index (χ0) is 25.7. The second kappa shape index (κ2) is 11.0. The van der Waals surface area contributed by atoms with Gasteiger partial charge in [0.2, 0.25) is 11.3 Å². The number of piperazine rings is 1. The summed E-state index contributed by atoms with van der Waals surface area (Å²) in [6.07, 6.45) is 3.01. The van der Waals surface area contributed by atoms with Gasteiger partial charge in [-0.3, -0.25) is 24.1 Å². The van der Waals surface area contributed by atoms with E-state index in [9.17, 15) is 19.2 Å². The van der Waals surface area contributed by atoms with Crippen LogP contribution in [0.4, 0.5) is 5.69 Å². The fraction of sp³-hybridized carbons (Fsp3) is 0.308. The molecule has 3 heterocycles. The van der Waals surface area contributed by atoms with Crippen LogP contribution >= 0.6 is 0 Å².